The van der Waals surface area contributed by atoms with Crippen molar-refractivity contribution in [1.29, 1.82) is 0 Å². The van der Waals surface area contributed by atoms with E-state index in [0.717, 1.165) is 11.1 Å². The van der Waals surface area contributed by atoms with Gasteiger partial charge in [-0.15, -0.1) is 0 Å². The Morgan fingerprint density at radius 1 is 1.07 bits per heavy atom. The van der Waals surface area contributed by atoms with E-state index in [1.54, 1.807) is 11.1 Å². The summed E-state index contributed by atoms with van der Waals surface area (Å²) in [4.78, 5) is 42.6. The highest BCUT2D eigenvalue weighted by molar-refractivity contribution is 5.94. The molecule has 0 aliphatic carbocycles. The molecule has 0 radical (unpaired) electrons. The Kier molecular flexibility index (Phi) is 9.27. The number of aryl methyl sites for hydroxylation is 1. The quantitative estimate of drug-likeness (QED) is 0.445. The number of likely N-dealkylation sites (tertiary alicyclic amines) is 1. The van der Waals surface area contributed by atoms with E-state index < -0.39 is 6.04 Å². The predicted molar refractivity (Wildman–Crippen MR) is 149 cm³/mol. The average molecular weight is 562 g/mol. The van der Waals surface area contributed by atoms with Crippen LogP contribution in [0.15, 0.2) is 60.9 Å². The minimum absolute atomic E-state index is 0.0861. The summed E-state index contributed by atoms with van der Waals surface area (Å²) in [5.74, 6) is 0.668. The van der Waals surface area contributed by atoms with Gasteiger partial charge in [-0.05, 0) is 54.7 Å². The van der Waals surface area contributed by atoms with E-state index in [9.17, 15) is 19.5 Å². The lowest BCUT2D eigenvalue weighted by molar-refractivity contribution is -0.137. The second kappa shape index (κ2) is 13.4. The average Bonchev–Trinajstić information content (AvgIpc) is 3.53. The van der Waals surface area contributed by atoms with Crippen molar-refractivity contribution in [2.75, 3.05) is 32.8 Å². The lowest BCUT2D eigenvalue weighted by Crippen LogP contribution is -2.58. The van der Waals surface area contributed by atoms with E-state index in [1.807, 2.05) is 48.5 Å². The number of nitrogens with zero attached hydrogens (tertiary/aromatic N) is 3. The Balaban J connectivity index is 1.38. The maximum absolute atomic E-state index is 13.3. The number of fused-ring (bicyclic) bond motifs is 9. The normalized spacial score (nSPS) is 20.3. The third-order valence-corrected chi connectivity index (χ3v) is 7.35. The molecule has 1 fully saturated rings. The first-order chi connectivity index (χ1) is 20.0. The molecule has 3 aromatic rings. The number of aromatic nitrogens is 2. The van der Waals surface area contributed by atoms with Gasteiger partial charge < -0.3 is 29.7 Å². The smallest absolute Gasteiger partial charge is 0.257 e. The van der Waals surface area contributed by atoms with Crippen molar-refractivity contribution in [3.8, 4) is 11.5 Å². The number of aliphatic hydroxyl groups excluding tert-OH is 1. The third-order valence-electron chi connectivity index (χ3n) is 7.35. The number of piperidine rings is 1. The lowest BCUT2D eigenvalue weighted by atomic mass is 10.0. The molecule has 2 aromatic carbocycles. The minimum atomic E-state index is -0.487. The van der Waals surface area contributed by atoms with Crippen molar-refractivity contribution >= 4 is 17.7 Å². The molecule has 0 unspecified atom stereocenters. The molecule has 2 atom stereocenters. The predicted octanol–water partition coefficient (Wildman–Crippen LogP) is 2.28. The van der Waals surface area contributed by atoms with Crippen LogP contribution in [-0.4, -0.2) is 87.8 Å². The van der Waals surface area contributed by atoms with Crippen molar-refractivity contribution in [2.45, 2.75) is 44.4 Å². The summed E-state index contributed by atoms with van der Waals surface area (Å²) in [5.41, 5.74) is 2.34. The summed E-state index contributed by atoms with van der Waals surface area (Å²) in [5, 5.41) is 18.9. The van der Waals surface area contributed by atoms with Gasteiger partial charge in [0.25, 0.3) is 5.91 Å². The largest absolute Gasteiger partial charge is 0.457 e. The zero-order valence-electron chi connectivity index (χ0n) is 22.8. The highest BCUT2D eigenvalue weighted by Gasteiger charge is 2.34. The highest BCUT2D eigenvalue weighted by Crippen LogP contribution is 2.25. The highest BCUT2D eigenvalue weighted by atomic mass is 16.5. The number of H-pyrrole nitrogens is 1. The molecule has 11 nitrogen and oxygen atoms in total. The molecule has 4 bridgehead atoms. The number of carbonyl (C=O) groups excluding carboxylic acids is 3. The second-order valence-electron chi connectivity index (χ2n) is 10.3. The molecule has 6 rings (SSSR count). The molecule has 3 amide bonds. The van der Waals surface area contributed by atoms with Crippen LogP contribution < -0.4 is 10.1 Å². The fraction of sp³-hybridized carbons (Fsp3) is 0.400. The number of rotatable bonds is 4. The zero-order valence-corrected chi connectivity index (χ0v) is 22.8. The number of aromatic amines is 1. The van der Waals surface area contributed by atoms with Crippen molar-refractivity contribution < 1.29 is 29.0 Å². The van der Waals surface area contributed by atoms with Crippen LogP contribution in [0.3, 0.4) is 0 Å². The summed E-state index contributed by atoms with van der Waals surface area (Å²) in [7, 11) is 0. The molecule has 0 spiro atoms. The van der Waals surface area contributed by atoms with Gasteiger partial charge >= 0.3 is 0 Å². The van der Waals surface area contributed by atoms with Crippen LogP contribution in [0.2, 0.25) is 0 Å². The molecule has 41 heavy (non-hydrogen) atoms. The standard InChI is InChI=1S/C30H35N5O6/c36-14-2-12-34-19-28(37)33-26-18-35(30(39)23-16-31-32-17-23)13-11-27(26)40-20-22-3-1-4-25(15-22)41-24-8-5-21(6-9-24)7-10-29(34)38/h1,3-6,8-9,15-17,26-27,36H,2,7,10-14,18-20H2,(H,31,32)(H,33,37)/t26-,27-/m0/s1. The molecule has 3 N–H and O–H groups in total. The van der Waals surface area contributed by atoms with Gasteiger partial charge in [-0.3, -0.25) is 19.5 Å². The summed E-state index contributed by atoms with van der Waals surface area (Å²) >= 11 is 0. The summed E-state index contributed by atoms with van der Waals surface area (Å²) < 4.78 is 12.4. The number of nitrogens with one attached hydrogen (secondary N) is 2. The van der Waals surface area contributed by atoms with Crippen molar-refractivity contribution in [2.24, 2.45) is 0 Å². The van der Waals surface area contributed by atoms with E-state index in [4.69, 9.17) is 9.47 Å². The first-order valence-electron chi connectivity index (χ1n) is 13.9. The van der Waals surface area contributed by atoms with E-state index in [0.29, 0.717) is 49.5 Å². The maximum Gasteiger partial charge on any atom is 0.257 e. The van der Waals surface area contributed by atoms with Crippen molar-refractivity contribution in [3.05, 3.63) is 77.6 Å². The number of ether oxygens (including phenoxy) is 2. The molecular formula is C30H35N5O6. The maximum atomic E-state index is 13.3. The number of benzene rings is 2. The lowest BCUT2D eigenvalue weighted by Gasteiger charge is -2.39. The Morgan fingerprint density at radius 2 is 1.93 bits per heavy atom. The number of amides is 3. The Morgan fingerprint density at radius 3 is 2.71 bits per heavy atom. The van der Waals surface area contributed by atoms with Crippen LogP contribution >= 0.6 is 0 Å². The van der Waals surface area contributed by atoms with E-state index >= 15 is 0 Å². The zero-order chi connectivity index (χ0) is 28.6. The van der Waals surface area contributed by atoms with Crippen LogP contribution in [0.4, 0.5) is 0 Å². The number of carbonyl (C=O) groups is 3. The van der Waals surface area contributed by atoms with Crippen molar-refractivity contribution in [3.63, 3.8) is 0 Å². The SMILES string of the molecule is O=C1CN(CCCO)C(=O)CCc2ccc(cc2)Oc2cccc(c2)CO[C@H]2CCN(C(=O)c3cn[nH]c3)C[C@@H]2N1. The summed E-state index contributed by atoms with van der Waals surface area (Å²) in [6.07, 6.45) is 4.29. The van der Waals surface area contributed by atoms with Crippen LogP contribution in [0.25, 0.3) is 0 Å². The van der Waals surface area contributed by atoms with Crippen molar-refractivity contribution in [1.82, 2.24) is 25.3 Å². The fourth-order valence-electron chi connectivity index (χ4n) is 5.15. The topological polar surface area (TPSA) is 137 Å². The van der Waals surface area contributed by atoms with Gasteiger partial charge in [0.05, 0.1) is 37.1 Å². The second-order valence-corrected chi connectivity index (χ2v) is 10.3. The van der Waals surface area contributed by atoms with Gasteiger partial charge in [-0.2, -0.15) is 5.10 Å². The molecule has 4 heterocycles. The monoisotopic (exact) mass is 561 g/mol. The van der Waals surface area contributed by atoms with Gasteiger partial charge in [0.15, 0.2) is 0 Å². The molecule has 11 heteroatoms. The first kappa shape index (κ1) is 28.3. The molecule has 3 aliphatic heterocycles. The van der Waals surface area contributed by atoms with Gasteiger partial charge in [-0.25, -0.2) is 0 Å². The Bertz CT molecular complexity index is 1330. The Labute approximate surface area is 238 Å². The molecule has 216 valence electrons. The first-order valence-corrected chi connectivity index (χ1v) is 13.9. The Hall–Kier alpha value is -4.22. The van der Waals surface area contributed by atoms with E-state index in [1.165, 1.54) is 11.1 Å². The van der Waals surface area contributed by atoms with E-state index in [2.05, 4.69) is 15.5 Å². The molecule has 1 saturated heterocycles. The number of aliphatic hydroxyl groups is 1. The molecular weight excluding hydrogens is 526 g/mol. The molecule has 3 aliphatic rings. The summed E-state index contributed by atoms with van der Waals surface area (Å²) in [6.45, 7) is 1.04. The number of hydrogen-bond donors (Lipinski definition) is 3. The van der Waals surface area contributed by atoms with E-state index in [-0.39, 0.29) is 56.5 Å². The van der Waals surface area contributed by atoms with Gasteiger partial charge in [0.1, 0.15) is 11.5 Å². The molecule has 1 aromatic heterocycles. The molecule has 0 saturated carbocycles. The third kappa shape index (κ3) is 7.50. The van der Waals surface area contributed by atoms with Crippen LogP contribution in [-0.2, 0) is 27.4 Å². The fourth-order valence-corrected chi connectivity index (χ4v) is 5.15. The van der Waals surface area contributed by atoms with Crippen LogP contribution in [0.1, 0.15) is 40.7 Å². The van der Waals surface area contributed by atoms with Crippen LogP contribution in [0, 0.1) is 0 Å². The minimum Gasteiger partial charge on any atom is -0.457 e. The van der Waals surface area contributed by atoms with Crippen LogP contribution in [0.5, 0.6) is 11.5 Å². The van der Waals surface area contributed by atoms with Gasteiger partial charge in [0, 0.05) is 38.9 Å². The summed E-state index contributed by atoms with van der Waals surface area (Å²) in [6, 6.07) is 14.8. The number of hydrogen-bond acceptors (Lipinski definition) is 7. The van der Waals surface area contributed by atoms with Gasteiger partial charge in [-0.1, -0.05) is 24.3 Å². The van der Waals surface area contributed by atoms with Gasteiger partial charge in [0.2, 0.25) is 11.8 Å².